The molecule has 0 aliphatic carbocycles. The minimum Gasteiger partial charge on any atom is -0.381 e. The number of H-pyrrole nitrogens is 1. The maximum atomic E-state index is 13.3. The van der Waals surface area contributed by atoms with Crippen LogP contribution in [0.3, 0.4) is 0 Å². The number of carbonyl (C=O) groups is 1. The van der Waals surface area contributed by atoms with Crippen molar-refractivity contribution in [2.75, 3.05) is 19.8 Å². The number of benzene rings is 2. The molecule has 2 aromatic carbocycles. The zero-order chi connectivity index (χ0) is 19.3. The number of ether oxygens (including phenoxy) is 1. The number of pyridine rings is 1. The van der Waals surface area contributed by atoms with Crippen LogP contribution in [0, 0.1) is 5.92 Å². The topological polar surface area (TPSA) is 62.4 Å². The van der Waals surface area contributed by atoms with Gasteiger partial charge in [-0.1, -0.05) is 48.5 Å². The van der Waals surface area contributed by atoms with Crippen LogP contribution in [0.5, 0.6) is 0 Å². The lowest BCUT2D eigenvalue weighted by Crippen LogP contribution is -2.37. The Morgan fingerprint density at radius 3 is 2.54 bits per heavy atom. The first kappa shape index (κ1) is 18.4. The monoisotopic (exact) mass is 376 g/mol. The van der Waals surface area contributed by atoms with Crippen LogP contribution in [-0.2, 0) is 11.3 Å². The van der Waals surface area contributed by atoms with Crippen LogP contribution in [0.2, 0.25) is 0 Å². The molecule has 1 saturated heterocycles. The number of aromatic amines is 1. The Labute approximate surface area is 163 Å². The summed E-state index contributed by atoms with van der Waals surface area (Å²) >= 11 is 0. The normalized spacial score (nSPS) is 14.9. The molecule has 0 bridgehead atoms. The molecule has 0 spiro atoms. The van der Waals surface area contributed by atoms with Gasteiger partial charge in [-0.2, -0.15) is 0 Å². The van der Waals surface area contributed by atoms with Crippen molar-refractivity contribution in [2.24, 2.45) is 5.92 Å². The standard InChI is InChI=1S/C23H24N2O3/c26-22-20-9-5-4-8-19(20)14-21(24-22)23(27)25(15-17-6-2-1-3-7-17)16-18-10-12-28-13-11-18/h1-9,14,18H,10-13,15-16H2,(H,24,26). The van der Waals surface area contributed by atoms with E-state index in [2.05, 4.69) is 4.98 Å². The summed E-state index contributed by atoms with van der Waals surface area (Å²) in [7, 11) is 0. The molecule has 5 nitrogen and oxygen atoms in total. The third-order valence-electron chi connectivity index (χ3n) is 5.31. The lowest BCUT2D eigenvalue weighted by atomic mass is 9.99. The van der Waals surface area contributed by atoms with Crippen molar-refractivity contribution in [1.29, 1.82) is 0 Å². The Balaban J connectivity index is 1.64. The molecule has 1 aliphatic heterocycles. The molecule has 28 heavy (non-hydrogen) atoms. The smallest absolute Gasteiger partial charge is 0.270 e. The minimum absolute atomic E-state index is 0.141. The summed E-state index contributed by atoms with van der Waals surface area (Å²) in [6.45, 7) is 2.66. The number of carbonyl (C=O) groups excluding carboxylic acids is 1. The lowest BCUT2D eigenvalue weighted by Gasteiger charge is -2.30. The van der Waals surface area contributed by atoms with E-state index >= 15 is 0 Å². The molecular formula is C23H24N2O3. The lowest BCUT2D eigenvalue weighted by molar-refractivity contribution is 0.0443. The Bertz CT molecular complexity index is 1010. The van der Waals surface area contributed by atoms with Crippen LogP contribution in [0.15, 0.2) is 65.5 Å². The average molecular weight is 376 g/mol. The van der Waals surface area contributed by atoms with E-state index in [0.717, 1.165) is 37.0 Å². The van der Waals surface area contributed by atoms with Crippen molar-refractivity contribution in [2.45, 2.75) is 19.4 Å². The molecule has 0 atom stereocenters. The van der Waals surface area contributed by atoms with Gasteiger partial charge in [-0.3, -0.25) is 9.59 Å². The second-order valence-corrected chi connectivity index (χ2v) is 7.33. The third-order valence-corrected chi connectivity index (χ3v) is 5.31. The average Bonchev–Trinajstić information content (AvgIpc) is 2.74. The first-order valence-corrected chi connectivity index (χ1v) is 9.74. The molecular weight excluding hydrogens is 352 g/mol. The van der Waals surface area contributed by atoms with E-state index in [4.69, 9.17) is 4.74 Å². The summed E-state index contributed by atoms with van der Waals surface area (Å²) in [5, 5.41) is 1.37. The fourth-order valence-electron chi connectivity index (χ4n) is 3.76. The van der Waals surface area contributed by atoms with Gasteiger partial charge in [-0.25, -0.2) is 0 Å². The van der Waals surface area contributed by atoms with E-state index in [1.54, 1.807) is 12.1 Å². The summed E-state index contributed by atoms with van der Waals surface area (Å²) in [5.41, 5.74) is 1.19. The van der Waals surface area contributed by atoms with Crippen molar-refractivity contribution >= 4 is 16.7 Å². The highest BCUT2D eigenvalue weighted by atomic mass is 16.5. The van der Waals surface area contributed by atoms with Gasteiger partial charge in [0, 0.05) is 31.7 Å². The van der Waals surface area contributed by atoms with Crippen LogP contribution in [0.1, 0.15) is 28.9 Å². The maximum absolute atomic E-state index is 13.3. The van der Waals surface area contributed by atoms with Gasteiger partial charge in [0.05, 0.1) is 0 Å². The molecule has 144 valence electrons. The second kappa shape index (κ2) is 8.40. The summed E-state index contributed by atoms with van der Waals surface area (Å²) in [4.78, 5) is 30.4. The van der Waals surface area contributed by atoms with Crippen molar-refractivity contribution in [3.63, 3.8) is 0 Å². The molecule has 0 radical (unpaired) electrons. The number of hydrogen-bond acceptors (Lipinski definition) is 3. The van der Waals surface area contributed by atoms with Crippen LogP contribution < -0.4 is 5.56 Å². The Hall–Kier alpha value is -2.92. The number of amides is 1. The first-order chi connectivity index (χ1) is 13.7. The zero-order valence-electron chi connectivity index (χ0n) is 15.8. The van der Waals surface area contributed by atoms with Crippen molar-refractivity contribution in [1.82, 2.24) is 9.88 Å². The number of fused-ring (bicyclic) bond motifs is 1. The summed E-state index contributed by atoms with van der Waals surface area (Å²) < 4.78 is 5.46. The molecule has 1 fully saturated rings. The van der Waals surface area contributed by atoms with Gasteiger partial charge in [0.2, 0.25) is 0 Å². The van der Waals surface area contributed by atoms with Crippen LogP contribution >= 0.6 is 0 Å². The van der Waals surface area contributed by atoms with Crippen molar-refractivity contribution in [3.8, 4) is 0 Å². The Morgan fingerprint density at radius 1 is 1.04 bits per heavy atom. The van der Waals surface area contributed by atoms with Gasteiger partial charge in [-0.05, 0) is 41.8 Å². The summed E-state index contributed by atoms with van der Waals surface area (Å²) in [5.74, 6) is 0.270. The van der Waals surface area contributed by atoms with Gasteiger partial charge in [0.15, 0.2) is 0 Å². The fraction of sp³-hybridized carbons (Fsp3) is 0.304. The quantitative estimate of drug-likeness (QED) is 0.740. The number of aromatic nitrogens is 1. The van der Waals surface area contributed by atoms with Crippen LogP contribution in [0.4, 0.5) is 0 Å². The number of nitrogens with zero attached hydrogens (tertiary/aromatic N) is 1. The van der Waals surface area contributed by atoms with Gasteiger partial charge in [-0.15, -0.1) is 0 Å². The minimum atomic E-state index is -0.229. The molecule has 1 aliphatic rings. The Morgan fingerprint density at radius 2 is 1.75 bits per heavy atom. The first-order valence-electron chi connectivity index (χ1n) is 9.74. The zero-order valence-corrected chi connectivity index (χ0v) is 15.8. The third kappa shape index (κ3) is 4.15. The van der Waals surface area contributed by atoms with Gasteiger partial charge in [0.25, 0.3) is 11.5 Å². The molecule has 4 rings (SSSR count). The highest BCUT2D eigenvalue weighted by molar-refractivity contribution is 5.96. The van der Waals surface area contributed by atoms with E-state index in [1.807, 2.05) is 53.4 Å². The summed E-state index contributed by atoms with van der Waals surface area (Å²) in [6.07, 6.45) is 1.90. The predicted molar refractivity (Wildman–Crippen MR) is 109 cm³/mol. The molecule has 1 amide bonds. The molecule has 5 heteroatoms. The van der Waals surface area contributed by atoms with Crippen LogP contribution in [0.25, 0.3) is 10.8 Å². The van der Waals surface area contributed by atoms with Crippen molar-refractivity contribution in [3.05, 3.63) is 82.3 Å². The van der Waals surface area contributed by atoms with Gasteiger partial charge in [0.1, 0.15) is 5.69 Å². The predicted octanol–water partition coefficient (Wildman–Crippen LogP) is 3.60. The largest absolute Gasteiger partial charge is 0.381 e. The molecule has 1 aromatic heterocycles. The molecule has 0 unspecified atom stereocenters. The molecule has 2 heterocycles. The fourth-order valence-corrected chi connectivity index (χ4v) is 3.76. The SMILES string of the molecule is O=C(c1cc2ccccc2c(=O)[nH]1)N(Cc1ccccc1)CC1CCOCC1. The van der Waals surface area contributed by atoms with Gasteiger partial charge < -0.3 is 14.6 Å². The second-order valence-electron chi connectivity index (χ2n) is 7.33. The van der Waals surface area contributed by atoms with E-state index < -0.39 is 0 Å². The highest BCUT2D eigenvalue weighted by Gasteiger charge is 2.23. The maximum Gasteiger partial charge on any atom is 0.270 e. The molecule has 3 aromatic rings. The summed E-state index contributed by atoms with van der Waals surface area (Å²) in [6, 6.07) is 19.1. The van der Waals surface area contributed by atoms with Crippen LogP contribution in [-0.4, -0.2) is 35.5 Å². The molecule has 1 N–H and O–H groups in total. The van der Waals surface area contributed by atoms with Crippen molar-refractivity contribution < 1.29 is 9.53 Å². The molecule has 0 saturated carbocycles. The van der Waals surface area contributed by atoms with E-state index in [0.29, 0.717) is 30.1 Å². The number of nitrogens with one attached hydrogen (secondary N) is 1. The van der Waals surface area contributed by atoms with E-state index in [9.17, 15) is 9.59 Å². The Kier molecular flexibility index (Phi) is 5.53. The number of rotatable bonds is 5. The number of hydrogen-bond donors (Lipinski definition) is 1. The van der Waals surface area contributed by atoms with Gasteiger partial charge >= 0.3 is 0 Å². The highest BCUT2D eigenvalue weighted by Crippen LogP contribution is 2.20. The van der Waals surface area contributed by atoms with E-state index in [-0.39, 0.29) is 11.5 Å². The van der Waals surface area contributed by atoms with E-state index in [1.165, 1.54) is 0 Å².